The van der Waals surface area contributed by atoms with E-state index >= 15 is 0 Å². The van der Waals surface area contributed by atoms with Crippen LogP contribution in [0.15, 0.2) is 42.5 Å². The Balaban J connectivity index is 1.96. The second-order valence-corrected chi connectivity index (χ2v) is 6.04. The Bertz CT molecular complexity index is 773. The maximum atomic E-state index is 11.7. The summed E-state index contributed by atoms with van der Waals surface area (Å²) in [4.78, 5) is 11.7. The molecule has 1 heterocycles. The number of fused-ring (bicyclic) bond motifs is 1. The van der Waals surface area contributed by atoms with Gasteiger partial charge in [0.1, 0.15) is 13.2 Å². The molecule has 1 aliphatic heterocycles. The van der Waals surface area contributed by atoms with Crippen molar-refractivity contribution in [3.63, 3.8) is 0 Å². The molecule has 2 aromatic carbocycles. The second-order valence-electron chi connectivity index (χ2n) is 6.04. The van der Waals surface area contributed by atoms with Gasteiger partial charge in [-0.3, -0.25) is 0 Å². The third kappa shape index (κ3) is 3.43. The highest BCUT2D eigenvalue weighted by atomic mass is 16.6. The molecule has 0 aliphatic carbocycles. The molecule has 4 nitrogen and oxygen atoms in total. The Kier molecular flexibility index (Phi) is 4.56. The van der Waals surface area contributed by atoms with Crippen molar-refractivity contribution < 1.29 is 19.4 Å². The van der Waals surface area contributed by atoms with E-state index in [4.69, 9.17) is 9.47 Å². The third-order valence-corrected chi connectivity index (χ3v) is 4.00. The van der Waals surface area contributed by atoms with Gasteiger partial charge in [0.2, 0.25) is 0 Å². The van der Waals surface area contributed by atoms with Crippen molar-refractivity contribution in [2.24, 2.45) is 0 Å². The van der Waals surface area contributed by atoms with Crippen LogP contribution in [0.25, 0.3) is 11.6 Å². The van der Waals surface area contributed by atoms with Crippen LogP contribution in [0.2, 0.25) is 0 Å². The first kappa shape index (κ1) is 16.1. The first-order valence-corrected chi connectivity index (χ1v) is 7.99. The van der Waals surface area contributed by atoms with Gasteiger partial charge in [0, 0.05) is 0 Å². The van der Waals surface area contributed by atoms with Crippen molar-refractivity contribution in [2.45, 2.75) is 19.8 Å². The van der Waals surface area contributed by atoms with Crippen LogP contribution < -0.4 is 9.47 Å². The molecular weight excluding hydrogens is 304 g/mol. The van der Waals surface area contributed by atoms with E-state index in [9.17, 15) is 9.90 Å². The number of rotatable bonds is 4. The lowest BCUT2D eigenvalue weighted by atomic mass is 9.99. The maximum absolute atomic E-state index is 11.7. The van der Waals surface area contributed by atoms with Crippen molar-refractivity contribution in [3.8, 4) is 11.5 Å². The van der Waals surface area contributed by atoms with E-state index in [1.165, 1.54) is 5.56 Å². The summed E-state index contributed by atoms with van der Waals surface area (Å²) in [7, 11) is 0. The highest BCUT2D eigenvalue weighted by molar-refractivity contribution is 6.20. The summed E-state index contributed by atoms with van der Waals surface area (Å²) in [6.07, 6.45) is 1.68. The Morgan fingerprint density at radius 3 is 2.33 bits per heavy atom. The largest absolute Gasteiger partial charge is 0.486 e. The minimum absolute atomic E-state index is 0.226. The van der Waals surface area contributed by atoms with E-state index in [1.807, 2.05) is 24.3 Å². The smallest absolute Gasteiger partial charge is 0.336 e. The first-order valence-electron chi connectivity index (χ1n) is 7.99. The van der Waals surface area contributed by atoms with E-state index < -0.39 is 5.97 Å². The van der Waals surface area contributed by atoms with E-state index in [2.05, 4.69) is 13.8 Å². The quantitative estimate of drug-likeness (QED) is 0.676. The van der Waals surface area contributed by atoms with Gasteiger partial charge in [0.25, 0.3) is 0 Å². The normalized spacial score (nSPS) is 13.9. The number of ether oxygens (including phenoxy) is 2. The molecule has 2 aromatic rings. The lowest BCUT2D eigenvalue weighted by Gasteiger charge is -2.19. The summed E-state index contributed by atoms with van der Waals surface area (Å²) in [5, 5.41) is 9.59. The van der Waals surface area contributed by atoms with Crippen molar-refractivity contribution in [3.05, 3.63) is 59.2 Å². The fourth-order valence-electron chi connectivity index (χ4n) is 2.62. The number of hydrogen-bond donors (Lipinski definition) is 1. The van der Waals surface area contributed by atoms with Crippen molar-refractivity contribution >= 4 is 17.6 Å². The highest BCUT2D eigenvalue weighted by Gasteiger charge is 2.16. The molecule has 0 amide bonds. The van der Waals surface area contributed by atoms with Gasteiger partial charge >= 0.3 is 5.97 Å². The average Bonchev–Trinajstić information content (AvgIpc) is 2.59. The number of benzene rings is 2. The van der Waals surface area contributed by atoms with Crippen molar-refractivity contribution in [2.75, 3.05) is 13.2 Å². The van der Waals surface area contributed by atoms with Gasteiger partial charge in [-0.05, 0) is 40.8 Å². The number of carboxylic acids is 1. The van der Waals surface area contributed by atoms with Gasteiger partial charge in [-0.25, -0.2) is 4.79 Å². The van der Waals surface area contributed by atoms with Crippen LogP contribution in [0.5, 0.6) is 11.5 Å². The van der Waals surface area contributed by atoms with Crippen LogP contribution in [0.1, 0.15) is 36.5 Å². The zero-order valence-electron chi connectivity index (χ0n) is 13.8. The number of hydrogen-bond acceptors (Lipinski definition) is 3. The molecular formula is C20H20O4. The molecule has 4 heteroatoms. The average molecular weight is 324 g/mol. The van der Waals surface area contributed by atoms with Crippen molar-refractivity contribution in [1.29, 1.82) is 0 Å². The van der Waals surface area contributed by atoms with Crippen molar-refractivity contribution in [1.82, 2.24) is 0 Å². The zero-order chi connectivity index (χ0) is 17.1. The molecule has 0 spiro atoms. The third-order valence-electron chi connectivity index (χ3n) is 4.00. The molecule has 1 N–H and O–H groups in total. The van der Waals surface area contributed by atoms with E-state index in [0.29, 0.717) is 36.2 Å². The minimum atomic E-state index is -0.973. The number of carbonyl (C=O) groups is 1. The lowest BCUT2D eigenvalue weighted by molar-refractivity contribution is -0.130. The minimum Gasteiger partial charge on any atom is -0.486 e. The molecule has 0 aromatic heterocycles. The summed E-state index contributed by atoms with van der Waals surface area (Å²) in [5.41, 5.74) is 2.90. The fraction of sp³-hybridized carbons (Fsp3) is 0.250. The molecule has 3 rings (SSSR count). The SMILES string of the molecule is CC(C)c1ccc(/C=C(\C(=O)O)c2ccc3c(c2)OCCO3)cc1. The highest BCUT2D eigenvalue weighted by Crippen LogP contribution is 2.33. The monoisotopic (exact) mass is 324 g/mol. The molecule has 1 aliphatic rings. The van der Waals surface area contributed by atoms with Crippen LogP contribution in [-0.2, 0) is 4.79 Å². The Morgan fingerprint density at radius 1 is 1.04 bits per heavy atom. The van der Waals surface area contributed by atoms with Crippen LogP contribution in [0, 0.1) is 0 Å². The molecule has 0 saturated heterocycles. The van der Waals surface area contributed by atoms with E-state index in [0.717, 1.165) is 5.56 Å². The summed E-state index contributed by atoms with van der Waals surface area (Å²) in [6.45, 7) is 5.24. The van der Waals surface area contributed by atoms with Gasteiger partial charge in [0.15, 0.2) is 11.5 Å². The van der Waals surface area contributed by atoms with Crippen LogP contribution in [-0.4, -0.2) is 24.3 Å². The Hall–Kier alpha value is -2.75. The lowest BCUT2D eigenvalue weighted by Crippen LogP contribution is -2.15. The topological polar surface area (TPSA) is 55.8 Å². The summed E-state index contributed by atoms with van der Waals surface area (Å²) in [6, 6.07) is 13.2. The van der Waals surface area contributed by atoms with Gasteiger partial charge in [-0.2, -0.15) is 0 Å². The van der Waals surface area contributed by atoms with Crippen LogP contribution in [0.3, 0.4) is 0 Å². The summed E-state index contributed by atoms with van der Waals surface area (Å²) in [5.74, 6) is 0.705. The van der Waals surface area contributed by atoms with Gasteiger partial charge in [-0.1, -0.05) is 44.2 Å². The Morgan fingerprint density at radius 2 is 1.71 bits per heavy atom. The van der Waals surface area contributed by atoms with E-state index in [1.54, 1.807) is 24.3 Å². The molecule has 0 fully saturated rings. The molecule has 0 saturated carbocycles. The fourth-order valence-corrected chi connectivity index (χ4v) is 2.62. The Labute approximate surface area is 141 Å². The summed E-state index contributed by atoms with van der Waals surface area (Å²) < 4.78 is 11.0. The predicted molar refractivity (Wildman–Crippen MR) is 93.5 cm³/mol. The van der Waals surface area contributed by atoms with Gasteiger partial charge < -0.3 is 14.6 Å². The molecule has 0 atom stereocenters. The molecule has 0 bridgehead atoms. The number of aliphatic carboxylic acids is 1. The van der Waals surface area contributed by atoms with E-state index in [-0.39, 0.29) is 5.57 Å². The molecule has 0 radical (unpaired) electrons. The van der Waals surface area contributed by atoms with Gasteiger partial charge in [-0.15, -0.1) is 0 Å². The maximum Gasteiger partial charge on any atom is 0.336 e. The molecule has 124 valence electrons. The predicted octanol–water partition coefficient (Wildman–Crippen LogP) is 4.21. The van der Waals surface area contributed by atoms with Crippen LogP contribution in [0.4, 0.5) is 0 Å². The second kappa shape index (κ2) is 6.79. The molecule has 0 unspecified atom stereocenters. The summed E-state index contributed by atoms with van der Waals surface area (Å²) >= 11 is 0. The van der Waals surface area contributed by atoms with Gasteiger partial charge in [0.05, 0.1) is 5.57 Å². The first-order chi connectivity index (χ1) is 11.5. The number of carboxylic acid groups (broad SMARTS) is 1. The van der Waals surface area contributed by atoms with Crippen LogP contribution >= 0.6 is 0 Å². The zero-order valence-corrected chi connectivity index (χ0v) is 13.8. The standard InChI is InChI=1S/C20H20O4/c1-13(2)15-5-3-14(4-6-15)11-17(20(21)22)16-7-8-18-19(12-16)24-10-9-23-18/h3-8,11-13H,9-10H2,1-2H3,(H,21,22)/b17-11-. The molecule has 24 heavy (non-hydrogen) atoms.